The molecule has 5 nitrogen and oxygen atoms in total. The number of carbonyl (C=O) groups excluding carboxylic acids is 1. The molecule has 0 radical (unpaired) electrons. The zero-order chi connectivity index (χ0) is 14.5. The van der Waals surface area contributed by atoms with Crippen molar-refractivity contribution in [2.45, 2.75) is 44.6 Å². The van der Waals surface area contributed by atoms with Gasteiger partial charge in [0.25, 0.3) is 0 Å². The van der Waals surface area contributed by atoms with Crippen molar-refractivity contribution in [2.75, 3.05) is 13.2 Å². The number of hydrogen-bond donors (Lipinski definition) is 2. The molecule has 5 heteroatoms. The Labute approximate surface area is 119 Å². The fourth-order valence-electron chi connectivity index (χ4n) is 2.99. The van der Waals surface area contributed by atoms with E-state index in [1.165, 1.54) is 0 Å². The van der Waals surface area contributed by atoms with Gasteiger partial charge in [0.2, 0.25) is 5.91 Å². The lowest BCUT2D eigenvalue weighted by atomic mass is 9.80. The number of aliphatic hydroxyl groups excluding tert-OH is 1. The molecule has 0 spiro atoms. The van der Waals surface area contributed by atoms with Crippen LogP contribution in [0.4, 0.5) is 0 Å². The van der Waals surface area contributed by atoms with Gasteiger partial charge in [-0.25, -0.2) is 0 Å². The molecule has 2 aliphatic rings. The Hall–Kier alpha value is -1.36. The Bertz CT molecular complexity index is 389. The SMILES string of the molecule is O=C(O)[C@H]1CC=CC[C@H]1C(=O)N(CCCO)C1CCC1. The minimum atomic E-state index is -0.886. The van der Waals surface area contributed by atoms with E-state index in [2.05, 4.69) is 0 Å². The summed E-state index contributed by atoms with van der Waals surface area (Å²) in [6.45, 7) is 0.593. The number of carboxylic acids is 1. The molecule has 0 aromatic carbocycles. The molecule has 0 aromatic heterocycles. The third-order valence-corrected chi connectivity index (χ3v) is 4.42. The quantitative estimate of drug-likeness (QED) is 0.722. The van der Waals surface area contributed by atoms with Gasteiger partial charge in [-0.2, -0.15) is 0 Å². The second-order valence-corrected chi connectivity index (χ2v) is 5.69. The highest BCUT2D eigenvalue weighted by Crippen LogP contribution is 2.32. The van der Waals surface area contributed by atoms with Gasteiger partial charge >= 0.3 is 5.97 Å². The van der Waals surface area contributed by atoms with Gasteiger partial charge < -0.3 is 15.1 Å². The first kappa shape index (κ1) is 15.0. The molecule has 2 rings (SSSR count). The van der Waals surface area contributed by atoms with Crippen molar-refractivity contribution in [3.8, 4) is 0 Å². The van der Waals surface area contributed by atoms with E-state index >= 15 is 0 Å². The average molecular weight is 281 g/mol. The number of allylic oxidation sites excluding steroid dienone is 2. The van der Waals surface area contributed by atoms with Gasteiger partial charge in [0, 0.05) is 19.2 Å². The summed E-state index contributed by atoms with van der Waals surface area (Å²) in [5.41, 5.74) is 0. The molecule has 0 saturated heterocycles. The van der Waals surface area contributed by atoms with Crippen molar-refractivity contribution in [1.29, 1.82) is 0 Å². The molecule has 2 N–H and O–H groups in total. The summed E-state index contributed by atoms with van der Waals surface area (Å²) >= 11 is 0. The lowest BCUT2D eigenvalue weighted by molar-refractivity contribution is -0.152. The van der Waals surface area contributed by atoms with Crippen molar-refractivity contribution in [1.82, 2.24) is 4.90 Å². The molecule has 2 aliphatic carbocycles. The van der Waals surface area contributed by atoms with Gasteiger partial charge in [-0.15, -0.1) is 0 Å². The van der Waals surface area contributed by atoms with Crippen LogP contribution in [0.3, 0.4) is 0 Å². The van der Waals surface area contributed by atoms with Crippen LogP contribution in [0, 0.1) is 11.8 Å². The van der Waals surface area contributed by atoms with E-state index in [1.807, 2.05) is 17.1 Å². The molecule has 0 bridgehead atoms. The highest BCUT2D eigenvalue weighted by Gasteiger charge is 2.39. The van der Waals surface area contributed by atoms with Crippen LogP contribution < -0.4 is 0 Å². The van der Waals surface area contributed by atoms with Gasteiger partial charge in [0.15, 0.2) is 0 Å². The number of rotatable bonds is 6. The van der Waals surface area contributed by atoms with Crippen LogP contribution in [0.25, 0.3) is 0 Å². The van der Waals surface area contributed by atoms with Crippen molar-refractivity contribution in [3.63, 3.8) is 0 Å². The van der Waals surface area contributed by atoms with Crippen LogP contribution in [-0.2, 0) is 9.59 Å². The standard InChI is InChI=1S/C15H23NO4/c17-10-4-9-16(11-5-3-6-11)14(18)12-7-1-2-8-13(12)15(19)20/h1-2,11-13,17H,3-10H2,(H,19,20)/t12-,13+/m1/s1. The van der Waals surface area contributed by atoms with Gasteiger partial charge in [-0.05, 0) is 38.5 Å². The van der Waals surface area contributed by atoms with Gasteiger partial charge in [-0.3, -0.25) is 9.59 Å². The Morgan fingerprint density at radius 2 is 1.80 bits per heavy atom. The summed E-state index contributed by atoms with van der Waals surface area (Å²) in [6, 6.07) is 0.245. The molecule has 1 fully saturated rings. The zero-order valence-electron chi connectivity index (χ0n) is 11.7. The largest absolute Gasteiger partial charge is 0.481 e. The van der Waals surface area contributed by atoms with Gasteiger partial charge in [0.1, 0.15) is 0 Å². The Morgan fingerprint density at radius 1 is 1.15 bits per heavy atom. The number of aliphatic hydroxyl groups is 1. The Balaban J connectivity index is 2.08. The highest BCUT2D eigenvalue weighted by molar-refractivity contribution is 5.85. The molecule has 112 valence electrons. The van der Waals surface area contributed by atoms with E-state index in [0.29, 0.717) is 25.8 Å². The maximum absolute atomic E-state index is 12.7. The minimum Gasteiger partial charge on any atom is -0.481 e. The maximum atomic E-state index is 12.7. The third-order valence-electron chi connectivity index (χ3n) is 4.42. The monoisotopic (exact) mass is 281 g/mol. The van der Waals surface area contributed by atoms with Crippen molar-refractivity contribution >= 4 is 11.9 Å². The van der Waals surface area contributed by atoms with E-state index in [0.717, 1.165) is 19.3 Å². The topological polar surface area (TPSA) is 77.8 Å². The fourth-order valence-corrected chi connectivity index (χ4v) is 2.99. The number of aliphatic carboxylic acids is 1. The van der Waals surface area contributed by atoms with Gasteiger partial charge in [0.05, 0.1) is 11.8 Å². The molecule has 0 heterocycles. The summed E-state index contributed by atoms with van der Waals surface area (Å²) < 4.78 is 0. The lowest BCUT2D eigenvalue weighted by Crippen LogP contribution is -2.49. The van der Waals surface area contributed by atoms with Crippen molar-refractivity contribution < 1.29 is 19.8 Å². The predicted molar refractivity (Wildman–Crippen MR) is 74.0 cm³/mol. The number of amides is 1. The van der Waals surface area contributed by atoms with E-state index < -0.39 is 17.8 Å². The van der Waals surface area contributed by atoms with Gasteiger partial charge in [-0.1, -0.05) is 12.2 Å². The van der Waals surface area contributed by atoms with Crippen LogP contribution >= 0.6 is 0 Å². The normalized spacial score (nSPS) is 26.1. The molecule has 2 atom stereocenters. The molecular weight excluding hydrogens is 258 g/mol. The van der Waals surface area contributed by atoms with Crippen molar-refractivity contribution in [2.24, 2.45) is 11.8 Å². The maximum Gasteiger partial charge on any atom is 0.307 e. The number of carboxylic acid groups (broad SMARTS) is 1. The smallest absolute Gasteiger partial charge is 0.307 e. The van der Waals surface area contributed by atoms with Crippen molar-refractivity contribution in [3.05, 3.63) is 12.2 Å². The fraction of sp³-hybridized carbons (Fsp3) is 0.733. The van der Waals surface area contributed by atoms with Crippen LogP contribution in [0.2, 0.25) is 0 Å². The first-order chi connectivity index (χ1) is 9.65. The molecule has 20 heavy (non-hydrogen) atoms. The second kappa shape index (κ2) is 6.88. The molecule has 1 saturated carbocycles. The predicted octanol–water partition coefficient (Wildman–Crippen LogP) is 1.42. The van der Waals surface area contributed by atoms with Crippen LogP contribution in [0.1, 0.15) is 38.5 Å². The van der Waals surface area contributed by atoms with Crippen LogP contribution in [0.15, 0.2) is 12.2 Å². The zero-order valence-corrected chi connectivity index (χ0v) is 11.7. The molecular formula is C15H23NO4. The number of hydrogen-bond acceptors (Lipinski definition) is 3. The summed E-state index contributed by atoms with van der Waals surface area (Å²) in [4.78, 5) is 25.8. The summed E-state index contributed by atoms with van der Waals surface area (Å²) in [5.74, 6) is -1.98. The molecule has 0 unspecified atom stereocenters. The summed E-state index contributed by atoms with van der Waals surface area (Å²) in [6.07, 6.45) is 8.39. The number of carbonyl (C=O) groups is 2. The van der Waals surface area contributed by atoms with E-state index in [4.69, 9.17) is 5.11 Å². The Morgan fingerprint density at radius 3 is 2.30 bits per heavy atom. The van der Waals surface area contributed by atoms with Crippen LogP contribution in [-0.4, -0.2) is 46.2 Å². The first-order valence-electron chi connectivity index (χ1n) is 7.44. The highest BCUT2D eigenvalue weighted by atomic mass is 16.4. The summed E-state index contributed by atoms with van der Waals surface area (Å²) in [7, 11) is 0. The second-order valence-electron chi connectivity index (χ2n) is 5.69. The summed E-state index contributed by atoms with van der Waals surface area (Å²) in [5, 5.41) is 18.3. The Kier molecular flexibility index (Phi) is 5.17. The lowest BCUT2D eigenvalue weighted by Gasteiger charge is -2.40. The van der Waals surface area contributed by atoms with Crippen LogP contribution in [0.5, 0.6) is 0 Å². The molecule has 0 aromatic rings. The van der Waals surface area contributed by atoms with E-state index in [1.54, 1.807) is 0 Å². The minimum absolute atomic E-state index is 0.0418. The molecule has 1 amide bonds. The number of nitrogens with zero attached hydrogens (tertiary/aromatic N) is 1. The third kappa shape index (κ3) is 3.20. The van der Waals surface area contributed by atoms with E-state index in [9.17, 15) is 14.7 Å². The average Bonchev–Trinajstić information content (AvgIpc) is 2.40. The molecule has 0 aliphatic heterocycles. The van der Waals surface area contributed by atoms with E-state index in [-0.39, 0.29) is 18.6 Å². The first-order valence-corrected chi connectivity index (χ1v) is 7.44.